The molecule has 1 atom stereocenters. The van der Waals surface area contributed by atoms with Crippen LogP contribution in [0.4, 0.5) is 11.4 Å². The second-order valence-corrected chi connectivity index (χ2v) is 9.04. The number of fused-ring (bicyclic) bond motifs is 1. The Morgan fingerprint density at radius 2 is 1.92 bits per heavy atom. The molecule has 26 heavy (non-hydrogen) atoms. The fourth-order valence-corrected chi connectivity index (χ4v) is 6.05. The first-order chi connectivity index (χ1) is 12.3. The van der Waals surface area contributed by atoms with Crippen LogP contribution in [0.1, 0.15) is 26.3 Å². The molecule has 7 heteroatoms. The van der Waals surface area contributed by atoms with E-state index < -0.39 is 10.0 Å². The second-order valence-electron chi connectivity index (χ2n) is 6.36. The summed E-state index contributed by atoms with van der Waals surface area (Å²) in [5.74, 6) is -0.0858. The molecule has 0 fully saturated rings. The van der Waals surface area contributed by atoms with E-state index in [4.69, 9.17) is 0 Å². The molecule has 1 aliphatic rings. The predicted molar refractivity (Wildman–Crippen MR) is 107 cm³/mol. The zero-order chi connectivity index (χ0) is 19.1. The van der Waals surface area contributed by atoms with Gasteiger partial charge in [0.05, 0.1) is 5.69 Å². The van der Waals surface area contributed by atoms with Crippen molar-refractivity contribution in [3.8, 4) is 0 Å². The highest BCUT2D eigenvalue weighted by Crippen LogP contribution is 2.39. The first kappa shape index (κ1) is 18.9. The summed E-state index contributed by atoms with van der Waals surface area (Å²) in [6, 6.07) is 12.5. The van der Waals surface area contributed by atoms with Crippen LogP contribution in [0.25, 0.3) is 0 Å². The molecule has 0 N–H and O–H groups in total. The molecule has 0 radical (unpaired) electrons. The summed E-state index contributed by atoms with van der Waals surface area (Å²) in [5.41, 5.74) is 2.26. The molecule has 0 spiro atoms. The smallest absolute Gasteiger partial charge is 0.265 e. The van der Waals surface area contributed by atoms with Crippen LogP contribution in [0.15, 0.2) is 51.8 Å². The molecule has 1 aliphatic heterocycles. The molecule has 0 bridgehead atoms. The highest BCUT2D eigenvalue weighted by Gasteiger charge is 2.33. The van der Waals surface area contributed by atoms with Crippen molar-refractivity contribution in [2.45, 2.75) is 38.1 Å². The van der Waals surface area contributed by atoms with Crippen molar-refractivity contribution >= 4 is 43.2 Å². The third-order valence-corrected chi connectivity index (χ3v) is 7.45. The maximum Gasteiger partial charge on any atom is 0.265 e. The number of para-hydroxylation sites is 1. The van der Waals surface area contributed by atoms with E-state index >= 15 is 0 Å². The number of carbonyl (C=O) groups is 1. The Labute approximate surface area is 162 Å². The molecule has 1 unspecified atom stereocenters. The van der Waals surface area contributed by atoms with Crippen LogP contribution >= 0.6 is 15.9 Å². The number of carbonyl (C=O) groups excluding carboxylic acids is 1. The number of anilines is 2. The van der Waals surface area contributed by atoms with Gasteiger partial charge < -0.3 is 4.90 Å². The van der Waals surface area contributed by atoms with Gasteiger partial charge in [-0.2, -0.15) is 0 Å². The van der Waals surface area contributed by atoms with Crippen molar-refractivity contribution in [3.63, 3.8) is 0 Å². The van der Waals surface area contributed by atoms with Gasteiger partial charge >= 0.3 is 0 Å². The summed E-state index contributed by atoms with van der Waals surface area (Å²) < 4.78 is 28.6. The SMILES string of the molecule is CCN(c1ccccc1)S(=O)(=O)c1cc2c(cc1Br)CC(C)N2C(C)=O. The number of sulfonamides is 1. The van der Waals surface area contributed by atoms with E-state index in [1.54, 1.807) is 30.0 Å². The van der Waals surface area contributed by atoms with Crippen molar-refractivity contribution in [1.82, 2.24) is 0 Å². The Kier molecular flexibility index (Phi) is 5.12. The van der Waals surface area contributed by atoms with Crippen LogP contribution in [0.2, 0.25) is 0 Å². The third-order valence-electron chi connectivity index (χ3n) is 4.59. The lowest BCUT2D eigenvalue weighted by Crippen LogP contribution is -2.34. The van der Waals surface area contributed by atoms with Gasteiger partial charge in [-0.25, -0.2) is 8.42 Å². The minimum Gasteiger partial charge on any atom is -0.309 e. The number of halogens is 1. The van der Waals surface area contributed by atoms with Crippen LogP contribution < -0.4 is 9.21 Å². The lowest BCUT2D eigenvalue weighted by molar-refractivity contribution is -0.116. The van der Waals surface area contributed by atoms with Gasteiger partial charge in [0.2, 0.25) is 5.91 Å². The topological polar surface area (TPSA) is 57.7 Å². The van der Waals surface area contributed by atoms with Crippen molar-refractivity contribution in [3.05, 3.63) is 52.5 Å². The summed E-state index contributed by atoms with van der Waals surface area (Å²) in [4.78, 5) is 13.9. The van der Waals surface area contributed by atoms with Crippen LogP contribution in [0, 0.1) is 0 Å². The number of amides is 1. The molecule has 1 amide bonds. The Hall–Kier alpha value is -1.86. The zero-order valence-electron chi connectivity index (χ0n) is 14.9. The van der Waals surface area contributed by atoms with Crippen molar-refractivity contribution < 1.29 is 13.2 Å². The van der Waals surface area contributed by atoms with Gasteiger partial charge in [-0.1, -0.05) is 18.2 Å². The van der Waals surface area contributed by atoms with Gasteiger partial charge in [0.25, 0.3) is 10.0 Å². The van der Waals surface area contributed by atoms with Gasteiger partial charge in [-0.05, 0) is 66.0 Å². The number of hydrogen-bond acceptors (Lipinski definition) is 3. The standard InChI is InChI=1S/C19H21BrN2O3S/c1-4-21(16-8-6-5-7-9-16)26(24,25)19-12-18-15(11-17(19)20)10-13(2)22(18)14(3)23/h5-9,11-13H,4,10H2,1-3H3. The minimum absolute atomic E-state index is 0.0174. The number of hydrogen-bond donors (Lipinski definition) is 0. The van der Waals surface area contributed by atoms with Crippen molar-refractivity contribution in [2.75, 3.05) is 15.7 Å². The van der Waals surface area contributed by atoms with Gasteiger partial charge in [-0.3, -0.25) is 9.10 Å². The van der Waals surface area contributed by atoms with E-state index in [9.17, 15) is 13.2 Å². The molecule has 2 aromatic rings. The third kappa shape index (κ3) is 3.14. The first-order valence-corrected chi connectivity index (χ1v) is 10.7. The second kappa shape index (κ2) is 7.04. The molecular formula is C19H21BrN2O3S. The van der Waals surface area contributed by atoms with Crippen molar-refractivity contribution in [1.29, 1.82) is 0 Å². The van der Waals surface area contributed by atoms with Crippen molar-refractivity contribution in [2.24, 2.45) is 0 Å². The van der Waals surface area contributed by atoms with Crippen LogP contribution in [-0.2, 0) is 21.2 Å². The maximum absolute atomic E-state index is 13.3. The molecule has 0 saturated carbocycles. The Morgan fingerprint density at radius 3 is 2.50 bits per heavy atom. The van der Waals surface area contributed by atoms with E-state index in [0.29, 0.717) is 28.8 Å². The predicted octanol–water partition coefficient (Wildman–Crippen LogP) is 3.96. The lowest BCUT2D eigenvalue weighted by Gasteiger charge is -2.25. The summed E-state index contributed by atoms with van der Waals surface area (Å²) in [5, 5.41) is 0. The van der Waals surface area contributed by atoms with Crippen LogP contribution in [0.3, 0.4) is 0 Å². The highest BCUT2D eigenvalue weighted by molar-refractivity contribution is 9.10. The summed E-state index contributed by atoms with van der Waals surface area (Å²) in [6.45, 7) is 5.58. The first-order valence-electron chi connectivity index (χ1n) is 8.47. The van der Waals surface area contributed by atoms with Gasteiger partial charge in [-0.15, -0.1) is 0 Å². The average molecular weight is 437 g/mol. The van der Waals surface area contributed by atoms with E-state index in [-0.39, 0.29) is 16.8 Å². The quantitative estimate of drug-likeness (QED) is 0.728. The van der Waals surface area contributed by atoms with Gasteiger partial charge in [0.1, 0.15) is 4.90 Å². The highest BCUT2D eigenvalue weighted by atomic mass is 79.9. The number of benzene rings is 2. The molecule has 5 nitrogen and oxygen atoms in total. The van der Waals surface area contributed by atoms with Crippen LogP contribution in [-0.4, -0.2) is 26.9 Å². The van der Waals surface area contributed by atoms with E-state index in [1.165, 1.54) is 11.2 Å². The van der Waals surface area contributed by atoms with Gasteiger partial charge in [0, 0.05) is 29.7 Å². The lowest BCUT2D eigenvalue weighted by atomic mass is 10.1. The van der Waals surface area contributed by atoms with E-state index in [2.05, 4.69) is 15.9 Å². The molecule has 0 aliphatic carbocycles. The molecular weight excluding hydrogens is 416 g/mol. The Bertz CT molecular complexity index is 945. The monoisotopic (exact) mass is 436 g/mol. The maximum atomic E-state index is 13.3. The fraction of sp³-hybridized carbons (Fsp3) is 0.316. The number of rotatable bonds is 4. The molecule has 138 valence electrons. The molecule has 0 aromatic heterocycles. The molecule has 1 heterocycles. The van der Waals surface area contributed by atoms with E-state index in [0.717, 1.165) is 5.56 Å². The largest absolute Gasteiger partial charge is 0.309 e. The molecule has 2 aromatic carbocycles. The molecule has 3 rings (SSSR count). The summed E-state index contributed by atoms with van der Waals surface area (Å²) in [6.07, 6.45) is 0.712. The molecule has 0 saturated heterocycles. The number of nitrogens with zero attached hydrogens (tertiary/aromatic N) is 2. The average Bonchev–Trinajstić information content (AvgIpc) is 2.90. The minimum atomic E-state index is -3.77. The summed E-state index contributed by atoms with van der Waals surface area (Å²) >= 11 is 3.42. The normalized spacial score (nSPS) is 16.5. The Morgan fingerprint density at radius 1 is 1.27 bits per heavy atom. The Balaban J connectivity index is 2.13. The van der Waals surface area contributed by atoms with Crippen LogP contribution in [0.5, 0.6) is 0 Å². The fourth-order valence-electron chi connectivity index (χ4n) is 3.50. The zero-order valence-corrected chi connectivity index (χ0v) is 17.3. The van der Waals surface area contributed by atoms with Gasteiger partial charge in [0.15, 0.2) is 0 Å². The summed E-state index contributed by atoms with van der Waals surface area (Å²) in [7, 11) is -3.77. The van der Waals surface area contributed by atoms with E-state index in [1.807, 2.05) is 31.2 Å².